The van der Waals surface area contributed by atoms with Gasteiger partial charge in [-0.1, -0.05) is 59.1 Å². The number of methoxy groups -OCH3 is 1. The highest BCUT2D eigenvalue weighted by atomic mass is 35.5. The van der Waals surface area contributed by atoms with E-state index in [2.05, 4.69) is 5.32 Å². The Morgan fingerprint density at radius 1 is 0.917 bits per heavy atom. The van der Waals surface area contributed by atoms with E-state index < -0.39 is 5.91 Å². The molecule has 3 nitrogen and oxygen atoms in total. The van der Waals surface area contributed by atoms with Crippen LogP contribution in [0.1, 0.15) is 10.4 Å². The minimum absolute atomic E-state index is 0.125. The van der Waals surface area contributed by atoms with Crippen LogP contribution in [0.2, 0.25) is 15.1 Å². The Bertz CT molecular complexity index is 941. The zero-order chi connectivity index (χ0) is 17.3. The summed E-state index contributed by atoms with van der Waals surface area (Å²) in [5.74, 6) is 0.297. The van der Waals surface area contributed by atoms with E-state index in [1.807, 2.05) is 24.3 Å². The van der Waals surface area contributed by atoms with E-state index in [0.29, 0.717) is 5.69 Å². The molecule has 1 N–H and O–H groups in total. The molecule has 0 heterocycles. The summed E-state index contributed by atoms with van der Waals surface area (Å²) in [4.78, 5) is 12.6. The monoisotopic (exact) mass is 379 g/mol. The summed E-state index contributed by atoms with van der Waals surface area (Å²) in [6.45, 7) is 0. The fraction of sp³-hybridized carbons (Fsp3) is 0.0556. The molecular formula is C18H12Cl3NO2. The van der Waals surface area contributed by atoms with Gasteiger partial charge in [-0.05, 0) is 24.3 Å². The number of halogens is 3. The number of ether oxygens (including phenoxy) is 1. The molecule has 6 heteroatoms. The van der Waals surface area contributed by atoms with Crippen molar-refractivity contribution in [3.05, 3.63) is 69.2 Å². The quantitative estimate of drug-likeness (QED) is 0.561. The highest BCUT2D eigenvalue weighted by Gasteiger charge is 2.18. The normalized spacial score (nSPS) is 10.7. The van der Waals surface area contributed by atoms with Gasteiger partial charge in [-0.25, -0.2) is 0 Å². The first-order valence-electron chi connectivity index (χ1n) is 7.03. The number of carbonyl (C=O) groups is 1. The van der Waals surface area contributed by atoms with E-state index in [1.54, 1.807) is 25.3 Å². The van der Waals surface area contributed by atoms with E-state index in [0.717, 1.165) is 16.5 Å². The van der Waals surface area contributed by atoms with Gasteiger partial charge in [0.15, 0.2) is 0 Å². The van der Waals surface area contributed by atoms with Crippen molar-refractivity contribution < 1.29 is 9.53 Å². The summed E-state index contributed by atoms with van der Waals surface area (Å²) in [6, 6.07) is 14.3. The predicted octanol–water partition coefficient (Wildman–Crippen LogP) is 6.06. The van der Waals surface area contributed by atoms with Gasteiger partial charge in [-0.3, -0.25) is 4.79 Å². The van der Waals surface area contributed by atoms with Crippen LogP contribution in [0.4, 0.5) is 5.69 Å². The second kappa shape index (κ2) is 6.89. The molecular weight excluding hydrogens is 369 g/mol. The molecule has 0 aliphatic rings. The zero-order valence-corrected chi connectivity index (χ0v) is 14.8. The Morgan fingerprint density at radius 2 is 1.58 bits per heavy atom. The third-order valence-electron chi connectivity index (χ3n) is 3.62. The van der Waals surface area contributed by atoms with Gasteiger partial charge < -0.3 is 10.1 Å². The molecule has 0 saturated carbocycles. The van der Waals surface area contributed by atoms with E-state index in [1.165, 1.54) is 6.07 Å². The molecule has 3 aromatic rings. The summed E-state index contributed by atoms with van der Waals surface area (Å²) in [6.07, 6.45) is 0. The molecule has 0 radical (unpaired) electrons. The van der Waals surface area contributed by atoms with Crippen molar-refractivity contribution in [3.63, 3.8) is 0 Å². The first-order chi connectivity index (χ1) is 11.5. The molecule has 0 bridgehead atoms. The van der Waals surface area contributed by atoms with Gasteiger partial charge in [0.1, 0.15) is 5.75 Å². The maximum absolute atomic E-state index is 12.6. The maximum Gasteiger partial charge on any atom is 0.258 e. The molecule has 0 saturated heterocycles. The standard InChI is InChI=1S/C18H12Cl3NO2/c1-24-15-9-8-14(10-4-2-3-5-11(10)15)22-18(23)16-12(19)6-7-13(20)17(16)21/h2-9H,1H3,(H,22,23). The van der Waals surface area contributed by atoms with Crippen LogP contribution in [-0.4, -0.2) is 13.0 Å². The summed E-state index contributed by atoms with van der Waals surface area (Å²) in [5.41, 5.74) is 0.772. The third kappa shape index (κ3) is 3.03. The SMILES string of the molecule is COc1ccc(NC(=O)c2c(Cl)ccc(Cl)c2Cl)c2ccccc12. The highest BCUT2D eigenvalue weighted by Crippen LogP contribution is 2.34. The fourth-order valence-corrected chi connectivity index (χ4v) is 3.18. The molecule has 24 heavy (non-hydrogen) atoms. The van der Waals surface area contributed by atoms with Crippen LogP contribution in [0.25, 0.3) is 10.8 Å². The molecule has 1 amide bonds. The van der Waals surface area contributed by atoms with E-state index >= 15 is 0 Å². The van der Waals surface area contributed by atoms with Crippen molar-refractivity contribution >= 4 is 57.2 Å². The van der Waals surface area contributed by atoms with Crippen LogP contribution in [0, 0.1) is 0 Å². The topological polar surface area (TPSA) is 38.3 Å². The van der Waals surface area contributed by atoms with Gasteiger partial charge in [0, 0.05) is 16.5 Å². The average molecular weight is 381 g/mol. The lowest BCUT2D eigenvalue weighted by Gasteiger charge is -2.13. The minimum atomic E-state index is -0.428. The van der Waals surface area contributed by atoms with Crippen molar-refractivity contribution in [1.82, 2.24) is 0 Å². The first-order valence-corrected chi connectivity index (χ1v) is 8.17. The lowest BCUT2D eigenvalue weighted by Crippen LogP contribution is -2.13. The second-order valence-electron chi connectivity index (χ2n) is 5.03. The smallest absolute Gasteiger partial charge is 0.258 e. The highest BCUT2D eigenvalue weighted by molar-refractivity contribution is 6.46. The van der Waals surface area contributed by atoms with Gasteiger partial charge in [0.05, 0.1) is 27.7 Å². The lowest BCUT2D eigenvalue weighted by atomic mass is 10.1. The Kier molecular flexibility index (Phi) is 4.86. The van der Waals surface area contributed by atoms with Crippen LogP contribution in [0.3, 0.4) is 0 Å². The molecule has 0 spiro atoms. The predicted molar refractivity (Wildman–Crippen MR) is 99.9 cm³/mol. The number of rotatable bonds is 3. The zero-order valence-electron chi connectivity index (χ0n) is 12.6. The Labute approximate surface area is 154 Å². The van der Waals surface area contributed by atoms with Gasteiger partial charge in [-0.2, -0.15) is 0 Å². The average Bonchev–Trinajstić information content (AvgIpc) is 2.59. The number of anilines is 1. The van der Waals surface area contributed by atoms with Gasteiger partial charge in [-0.15, -0.1) is 0 Å². The molecule has 0 atom stereocenters. The summed E-state index contributed by atoms with van der Waals surface area (Å²) in [5, 5.41) is 5.21. The van der Waals surface area contributed by atoms with Crippen molar-refractivity contribution in [3.8, 4) is 5.75 Å². The van der Waals surface area contributed by atoms with Crippen molar-refractivity contribution in [2.45, 2.75) is 0 Å². The van der Waals surface area contributed by atoms with Crippen molar-refractivity contribution in [1.29, 1.82) is 0 Å². The summed E-state index contributed by atoms with van der Waals surface area (Å²) < 4.78 is 5.35. The summed E-state index contributed by atoms with van der Waals surface area (Å²) in [7, 11) is 1.60. The van der Waals surface area contributed by atoms with Crippen LogP contribution in [-0.2, 0) is 0 Å². The first kappa shape index (κ1) is 16.9. The number of hydrogen-bond acceptors (Lipinski definition) is 2. The molecule has 0 fully saturated rings. The second-order valence-corrected chi connectivity index (χ2v) is 6.23. The summed E-state index contributed by atoms with van der Waals surface area (Å²) >= 11 is 18.2. The Morgan fingerprint density at radius 3 is 2.29 bits per heavy atom. The maximum atomic E-state index is 12.6. The van der Waals surface area contributed by atoms with Crippen LogP contribution in [0.15, 0.2) is 48.5 Å². The lowest BCUT2D eigenvalue weighted by molar-refractivity contribution is 0.102. The number of fused-ring (bicyclic) bond motifs is 1. The largest absolute Gasteiger partial charge is 0.496 e. The van der Waals surface area contributed by atoms with Crippen molar-refractivity contribution in [2.24, 2.45) is 0 Å². The van der Waals surface area contributed by atoms with Crippen LogP contribution < -0.4 is 10.1 Å². The minimum Gasteiger partial charge on any atom is -0.496 e. The van der Waals surface area contributed by atoms with Crippen LogP contribution in [0.5, 0.6) is 5.75 Å². The van der Waals surface area contributed by atoms with Gasteiger partial charge in [0.25, 0.3) is 5.91 Å². The molecule has 0 aromatic heterocycles. The van der Waals surface area contributed by atoms with Gasteiger partial charge >= 0.3 is 0 Å². The molecule has 0 aliphatic carbocycles. The molecule has 0 aliphatic heterocycles. The molecule has 3 aromatic carbocycles. The Balaban J connectivity index is 2.05. The number of amides is 1. The number of hydrogen-bond donors (Lipinski definition) is 1. The number of benzene rings is 3. The van der Waals surface area contributed by atoms with E-state index in [-0.39, 0.29) is 20.6 Å². The number of nitrogens with one attached hydrogen (secondary N) is 1. The van der Waals surface area contributed by atoms with Crippen LogP contribution >= 0.6 is 34.8 Å². The van der Waals surface area contributed by atoms with Crippen molar-refractivity contribution in [2.75, 3.05) is 12.4 Å². The third-order valence-corrected chi connectivity index (χ3v) is 4.74. The van der Waals surface area contributed by atoms with Gasteiger partial charge in [0.2, 0.25) is 0 Å². The molecule has 0 unspecified atom stereocenters. The number of carbonyl (C=O) groups excluding carboxylic acids is 1. The van der Waals surface area contributed by atoms with E-state index in [4.69, 9.17) is 39.5 Å². The molecule has 3 rings (SSSR count). The Hall–Kier alpha value is -1.94. The van der Waals surface area contributed by atoms with E-state index in [9.17, 15) is 4.79 Å². The fourth-order valence-electron chi connectivity index (χ4n) is 2.48. The molecule has 122 valence electrons.